The van der Waals surface area contributed by atoms with Crippen molar-refractivity contribution in [2.75, 3.05) is 27.7 Å². The predicted octanol–water partition coefficient (Wildman–Crippen LogP) is 4.13. The van der Waals surface area contributed by atoms with Gasteiger partial charge in [0, 0.05) is 24.5 Å². The number of halogens is 3. The smallest absolute Gasteiger partial charge is 0.191 e. The topological polar surface area (TPSA) is 52.6 Å². The van der Waals surface area contributed by atoms with Crippen LogP contribution in [0.5, 0.6) is 0 Å². The van der Waals surface area contributed by atoms with Crippen LogP contribution in [0.4, 0.5) is 8.78 Å². The first kappa shape index (κ1) is 24.7. The van der Waals surface area contributed by atoms with E-state index in [1.165, 1.54) is 18.2 Å². The predicted molar refractivity (Wildman–Crippen MR) is 123 cm³/mol. The Bertz CT molecular complexity index is 759. The molecule has 0 spiro atoms. The third kappa shape index (κ3) is 6.63. The summed E-state index contributed by atoms with van der Waals surface area (Å²) in [5.74, 6) is -0.159. The Morgan fingerprint density at radius 2 is 1.86 bits per heavy atom. The van der Waals surface area contributed by atoms with Crippen molar-refractivity contribution >= 4 is 41.3 Å². The van der Waals surface area contributed by atoms with Gasteiger partial charge in [-0.25, -0.2) is 13.8 Å². The van der Waals surface area contributed by atoms with Gasteiger partial charge in [-0.15, -0.1) is 35.3 Å². The Kier molecular flexibility index (Phi) is 10.3. The number of hydrogen-bond donors (Lipinski definition) is 2. The minimum absolute atomic E-state index is 0. The second-order valence-corrected chi connectivity index (χ2v) is 7.68. The number of aromatic nitrogens is 1. The number of aliphatic imine (C=N–C) groups is 1. The van der Waals surface area contributed by atoms with Crippen LogP contribution in [0.1, 0.15) is 42.1 Å². The van der Waals surface area contributed by atoms with Crippen molar-refractivity contribution in [1.82, 2.24) is 20.5 Å². The summed E-state index contributed by atoms with van der Waals surface area (Å²) in [6, 6.07) is 3.44. The average molecular weight is 523 g/mol. The zero-order valence-corrected chi connectivity index (χ0v) is 19.9. The fourth-order valence-electron chi connectivity index (χ4n) is 2.62. The van der Waals surface area contributed by atoms with Crippen LogP contribution < -0.4 is 10.6 Å². The first-order chi connectivity index (χ1) is 12.8. The molecule has 2 aromatic rings. The van der Waals surface area contributed by atoms with Crippen LogP contribution in [0.3, 0.4) is 0 Å². The molecule has 0 bridgehead atoms. The summed E-state index contributed by atoms with van der Waals surface area (Å²) in [4.78, 5) is 10.5. The maximum absolute atomic E-state index is 14.2. The van der Waals surface area contributed by atoms with Crippen LogP contribution in [0.15, 0.2) is 28.6 Å². The van der Waals surface area contributed by atoms with Gasteiger partial charge >= 0.3 is 0 Å². The van der Waals surface area contributed by atoms with Gasteiger partial charge in [0.25, 0.3) is 0 Å². The van der Waals surface area contributed by atoms with E-state index in [2.05, 4.69) is 39.8 Å². The zero-order chi connectivity index (χ0) is 20.0. The molecule has 2 N–H and O–H groups in total. The number of nitrogens with zero attached hydrogens (tertiary/aromatic N) is 3. The monoisotopic (exact) mass is 523 g/mol. The molecule has 0 saturated heterocycles. The average Bonchev–Trinajstić information content (AvgIpc) is 3.09. The molecule has 0 aliphatic heterocycles. The van der Waals surface area contributed by atoms with Crippen LogP contribution in [-0.4, -0.2) is 43.5 Å². The lowest BCUT2D eigenvalue weighted by Gasteiger charge is -2.26. The molecule has 0 saturated carbocycles. The van der Waals surface area contributed by atoms with Crippen LogP contribution in [-0.2, 0) is 6.54 Å². The number of thiazole rings is 1. The van der Waals surface area contributed by atoms with E-state index in [-0.39, 0.29) is 29.5 Å². The van der Waals surface area contributed by atoms with Gasteiger partial charge in [-0.1, -0.05) is 19.9 Å². The summed E-state index contributed by atoms with van der Waals surface area (Å²) in [6.45, 7) is 5.06. The van der Waals surface area contributed by atoms with Gasteiger partial charge in [0.15, 0.2) is 5.96 Å². The third-order valence-corrected chi connectivity index (χ3v) is 5.08. The van der Waals surface area contributed by atoms with Gasteiger partial charge in [-0.2, -0.15) is 0 Å². The molecule has 1 heterocycles. The number of hydrogen-bond acceptors (Lipinski definition) is 4. The summed E-state index contributed by atoms with van der Waals surface area (Å²) < 4.78 is 28.3. The Labute approximate surface area is 186 Å². The van der Waals surface area contributed by atoms with Crippen molar-refractivity contribution in [3.8, 4) is 0 Å². The van der Waals surface area contributed by atoms with Crippen LogP contribution in [0.2, 0.25) is 0 Å². The van der Waals surface area contributed by atoms with E-state index < -0.39 is 17.7 Å². The summed E-state index contributed by atoms with van der Waals surface area (Å²) in [5.41, 5.74) is 1.12. The Balaban J connectivity index is 0.00000392. The molecule has 5 nitrogen and oxygen atoms in total. The van der Waals surface area contributed by atoms with E-state index in [0.29, 0.717) is 25.0 Å². The highest BCUT2D eigenvalue weighted by Gasteiger charge is 2.22. The molecular weight excluding hydrogens is 495 g/mol. The Morgan fingerprint density at radius 3 is 2.36 bits per heavy atom. The zero-order valence-electron chi connectivity index (χ0n) is 16.8. The van der Waals surface area contributed by atoms with Crippen molar-refractivity contribution in [1.29, 1.82) is 0 Å². The molecule has 1 atom stereocenters. The molecule has 0 radical (unpaired) electrons. The molecule has 0 aliphatic carbocycles. The summed E-state index contributed by atoms with van der Waals surface area (Å²) in [7, 11) is 5.24. The minimum atomic E-state index is -0.553. The quantitative estimate of drug-likeness (QED) is 0.326. The first-order valence-corrected chi connectivity index (χ1v) is 9.70. The number of nitrogens with one attached hydrogen (secondary N) is 2. The molecular formula is C19H28F2IN5S. The maximum Gasteiger partial charge on any atom is 0.191 e. The molecule has 1 aromatic heterocycles. The number of rotatable bonds is 7. The van der Waals surface area contributed by atoms with Crippen LogP contribution in [0, 0.1) is 11.6 Å². The molecule has 1 aromatic carbocycles. The third-order valence-electron chi connectivity index (χ3n) is 4.21. The Morgan fingerprint density at radius 1 is 1.21 bits per heavy atom. The van der Waals surface area contributed by atoms with E-state index in [1.807, 2.05) is 0 Å². The fraction of sp³-hybridized carbons (Fsp3) is 0.474. The molecule has 1 unspecified atom stereocenters. The lowest BCUT2D eigenvalue weighted by atomic mass is 10.0. The summed E-state index contributed by atoms with van der Waals surface area (Å²) >= 11 is 1.60. The van der Waals surface area contributed by atoms with E-state index >= 15 is 0 Å². The van der Waals surface area contributed by atoms with E-state index in [9.17, 15) is 8.78 Å². The summed E-state index contributed by atoms with van der Waals surface area (Å²) in [5, 5.41) is 9.36. The highest BCUT2D eigenvalue weighted by molar-refractivity contribution is 14.0. The fourth-order valence-corrected chi connectivity index (χ4v) is 3.51. The van der Waals surface area contributed by atoms with Gasteiger partial charge in [-0.3, -0.25) is 4.99 Å². The lowest BCUT2D eigenvalue weighted by Crippen LogP contribution is -2.41. The van der Waals surface area contributed by atoms with Crippen LogP contribution in [0.25, 0.3) is 0 Å². The molecule has 28 heavy (non-hydrogen) atoms. The van der Waals surface area contributed by atoms with Gasteiger partial charge in [-0.05, 0) is 32.1 Å². The lowest BCUT2D eigenvalue weighted by molar-refractivity contribution is 0.282. The van der Waals surface area contributed by atoms with Crippen molar-refractivity contribution in [3.05, 3.63) is 51.5 Å². The minimum Gasteiger partial charge on any atom is -0.354 e. The number of benzene rings is 1. The SMILES string of the molecule is CN=C(NCc1nc(C(C)C)cs1)NCC(c1c(F)cccc1F)N(C)C.I. The van der Waals surface area contributed by atoms with E-state index in [1.54, 1.807) is 37.4 Å². The number of likely N-dealkylation sites (N-methyl/N-ethyl adjacent to an activating group) is 1. The largest absolute Gasteiger partial charge is 0.354 e. The van der Waals surface area contributed by atoms with E-state index in [0.717, 1.165) is 10.7 Å². The van der Waals surface area contributed by atoms with Crippen molar-refractivity contribution < 1.29 is 8.78 Å². The highest BCUT2D eigenvalue weighted by Crippen LogP contribution is 2.24. The molecule has 0 fully saturated rings. The molecule has 2 rings (SSSR count). The Hall–Kier alpha value is -1.33. The summed E-state index contributed by atoms with van der Waals surface area (Å²) in [6.07, 6.45) is 0. The van der Waals surface area contributed by atoms with Gasteiger partial charge < -0.3 is 15.5 Å². The maximum atomic E-state index is 14.2. The second kappa shape index (κ2) is 11.6. The first-order valence-electron chi connectivity index (χ1n) is 8.82. The van der Waals surface area contributed by atoms with Crippen molar-refractivity contribution in [3.63, 3.8) is 0 Å². The van der Waals surface area contributed by atoms with Crippen LogP contribution >= 0.6 is 35.3 Å². The van der Waals surface area contributed by atoms with Crippen molar-refractivity contribution in [2.45, 2.75) is 32.4 Å². The normalized spacial score (nSPS) is 12.8. The second-order valence-electron chi connectivity index (χ2n) is 6.74. The van der Waals surface area contributed by atoms with Gasteiger partial charge in [0.2, 0.25) is 0 Å². The molecule has 0 aliphatic rings. The molecule has 9 heteroatoms. The molecule has 0 amide bonds. The highest BCUT2D eigenvalue weighted by atomic mass is 127. The van der Waals surface area contributed by atoms with E-state index in [4.69, 9.17) is 0 Å². The number of guanidine groups is 1. The van der Waals surface area contributed by atoms with Gasteiger partial charge in [0.1, 0.15) is 16.6 Å². The van der Waals surface area contributed by atoms with Gasteiger partial charge in [0.05, 0.1) is 18.3 Å². The standard InChI is InChI=1S/C19H27F2N5S.HI/c1-12(2)15-11-27-17(25-15)10-24-19(22-3)23-9-16(26(4)5)18-13(20)7-6-8-14(18)21;/h6-8,11-12,16H,9-10H2,1-5H3,(H2,22,23,24);1H. The van der Waals surface area contributed by atoms with Crippen molar-refractivity contribution in [2.24, 2.45) is 4.99 Å². The molecule has 156 valence electrons.